The molecule has 1 unspecified atom stereocenters. The summed E-state index contributed by atoms with van der Waals surface area (Å²) >= 11 is 6.12. The van der Waals surface area contributed by atoms with Crippen LogP contribution in [0.3, 0.4) is 0 Å². The summed E-state index contributed by atoms with van der Waals surface area (Å²) < 4.78 is 0. The summed E-state index contributed by atoms with van der Waals surface area (Å²) in [6.07, 6.45) is 2.30. The summed E-state index contributed by atoms with van der Waals surface area (Å²) in [5.41, 5.74) is 2.46. The van der Waals surface area contributed by atoms with Gasteiger partial charge in [-0.3, -0.25) is 0 Å². The molecular weight excluding hydrogens is 196 g/mol. The fraction of sp³-hybridized carbons (Fsp3) is 0.455. The molecule has 2 nitrogen and oxygen atoms in total. The van der Waals surface area contributed by atoms with E-state index in [2.05, 4.69) is 16.7 Å². The van der Waals surface area contributed by atoms with E-state index in [1.807, 2.05) is 19.2 Å². The number of nitrogens with one attached hydrogen (secondary N) is 2. The Morgan fingerprint density at radius 3 is 3.21 bits per heavy atom. The van der Waals surface area contributed by atoms with Crippen LogP contribution in [0.15, 0.2) is 18.2 Å². The smallest absolute Gasteiger partial charge is 0.0640 e. The maximum Gasteiger partial charge on any atom is 0.0640 e. The Hall–Kier alpha value is -0.730. The molecular formula is C11H15ClN2. The molecule has 0 aliphatic carbocycles. The number of rotatable bonds is 2. The predicted octanol–water partition coefficient (Wildman–Crippen LogP) is 2.29. The van der Waals surface area contributed by atoms with Gasteiger partial charge in [-0.25, -0.2) is 0 Å². The van der Waals surface area contributed by atoms with E-state index in [0.717, 1.165) is 23.7 Å². The molecule has 1 aromatic carbocycles. The van der Waals surface area contributed by atoms with Crippen molar-refractivity contribution in [2.24, 2.45) is 0 Å². The number of anilines is 1. The Balaban J connectivity index is 2.20. The molecule has 0 aromatic heterocycles. The molecule has 3 heteroatoms. The summed E-state index contributed by atoms with van der Waals surface area (Å²) in [4.78, 5) is 0. The van der Waals surface area contributed by atoms with Crippen LogP contribution >= 0.6 is 11.6 Å². The van der Waals surface area contributed by atoms with Crippen LogP contribution in [0.2, 0.25) is 5.02 Å². The highest BCUT2D eigenvalue weighted by Crippen LogP contribution is 2.31. The minimum absolute atomic E-state index is 0.507. The molecule has 1 aliphatic rings. The Bertz CT molecular complexity index is 325. The molecule has 0 saturated carbocycles. The van der Waals surface area contributed by atoms with Crippen molar-refractivity contribution in [2.45, 2.75) is 18.9 Å². The number of aryl methyl sites for hydroxylation is 1. The summed E-state index contributed by atoms with van der Waals surface area (Å²) in [6, 6.07) is 6.60. The van der Waals surface area contributed by atoms with Gasteiger partial charge in [-0.1, -0.05) is 23.7 Å². The first-order chi connectivity index (χ1) is 6.81. The van der Waals surface area contributed by atoms with Crippen molar-refractivity contribution < 1.29 is 0 Å². The van der Waals surface area contributed by atoms with Gasteiger partial charge in [0, 0.05) is 12.6 Å². The van der Waals surface area contributed by atoms with Gasteiger partial charge in [0.15, 0.2) is 0 Å². The third-order valence-corrected chi connectivity index (χ3v) is 2.98. The highest BCUT2D eigenvalue weighted by atomic mass is 35.5. The van der Waals surface area contributed by atoms with Crippen LogP contribution in [0.25, 0.3) is 0 Å². The number of fused-ring (bicyclic) bond motifs is 1. The maximum atomic E-state index is 6.12. The Kier molecular flexibility index (Phi) is 2.94. The average molecular weight is 211 g/mol. The zero-order valence-electron chi connectivity index (χ0n) is 8.31. The summed E-state index contributed by atoms with van der Waals surface area (Å²) in [6.45, 7) is 0.991. The Morgan fingerprint density at radius 2 is 2.43 bits per heavy atom. The minimum Gasteiger partial charge on any atom is -0.380 e. The van der Waals surface area contributed by atoms with E-state index < -0.39 is 0 Å². The van der Waals surface area contributed by atoms with Crippen molar-refractivity contribution in [3.8, 4) is 0 Å². The molecule has 0 amide bonds. The third-order valence-electron chi connectivity index (χ3n) is 2.66. The second-order valence-corrected chi connectivity index (χ2v) is 4.12. The van der Waals surface area contributed by atoms with E-state index in [1.165, 1.54) is 12.0 Å². The Morgan fingerprint density at radius 1 is 1.57 bits per heavy atom. The molecule has 2 N–H and O–H groups in total. The number of hydrogen-bond acceptors (Lipinski definition) is 2. The van der Waals surface area contributed by atoms with Crippen molar-refractivity contribution in [3.63, 3.8) is 0 Å². The lowest BCUT2D eigenvalue weighted by atomic mass is 9.98. The molecule has 0 fully saturated rings. The predicted molar refractivity (Wildman–Crippen MR) is 61.1 cm³/mol. The zero-order valence-corrected chi connectivity index (χ0v) is 9.06. The van der Waals surface area contributed by atoms with Crippen molar-refractivity contribution in [1.29, 1.82) is 0 Å². The summed E-state index contributed by atoms with van der Waals surface area (Å²) in [5, 5.41) is 7.49. The number of halogens is 1. The van der Waals surface area contributed by atoms with E-state index in [0.29, 0.717) is 6.04 Å². The quantitative estimate of drug-likeness (QED) is 0.783. The first kappa shape index (κ1) is 9.81. The molecule has 1 atom stereocenters. The van der Waals surface area contributed by atoms with Gasteiger partial charge in [-0.15, -0.1) is 0 Å². The standard InChI is InChI=1S/C11H15ClN2/c1-13-7-9-6-5-8-3-2-4-10(12)11(8)14-9/h2-4,9,13-14H,5-7H2,1H3. The van der Waals surface area contributed by atoms with Crippen LogP contribution in [0.5, 0.6) is 0 Å². The lowest BCUT2D eigenvalue weighted by Gasteiger charge is -2.27. The van der Waals surface area contributed by atoms with Crippen molar-refractivity contribution >= 4 is 17.3 Å². The molecule has 2 rings (SSSR count). The van der Waals surface area contributed by atoms with Gasteiger partial charge < -0.3 is 10.6 Å². The topological polar surface area (TPSA) is 24.1 Å². The highest BCUT2D eigenvalue weighted by Gasteiger charge is 2.18. The van der Waals surface area contributed by atoms with Gasteiger partial charge in [0.25, 0.3) is 0 Å². The third kappa shape index (κ3) is 1.86. The second kappa shape index (κ2) is 4.20. The van der Waals surface area contributed by atoms with Crippen LogP contribution < -0.4 is 10.6 Å². The fourth-order valence-corrected chi connectivity index (χ4v) is 2.19. The largest absolute Gasteiger partial charge is 0.380 e. The van der Waals surface area contributed by atoms with Crippen LogP contribution in [0.4, 0.5) is 5.69 Å². The van der Waals surface area contributed by atoms with Gasteiger partial charge in [0.1, 0.15) is 0 Å². The van der Waals surface area contributed by atoms with Crippen LogP contribution in [0, 0.1) is 0 Å². The highest BCUT2D eigenvalue weighted by molar-refractivity contribution is 6.33. The lowest BCUT2D eigenvalue weighted by Crippen LogP contribution is -2.34. The summed E-state index contributed by atoms with van der Waals surface area (Å²) in [7, 11) is 1.98. The zero-order chi connectivity index (χ0) is 9.97. The number of likely N-dealkylation sites (N-methyl/N-ethyl adjacent to an activating group) is 1. The number of para-hydroxylation sites is 1. The SMILES string of the molecule is CNCC1CCc2cccc(Cl)c2N1. The number of hydrogen-bond donors (Lipinski definition) is 2. The second-order valence-electron chi connectivity index (χ2n) is 3.71. The normalized spacial score (nSPS) is 20.0. The van der Waals surface area contributed by atoms with Gasteiger partial charge in [-0.05, 0) is 31.5 Å². The minimum atomic E-state index is 0.507. The molecule has 1 heterocycles. The molecule has 0 bridgehead atoms. The molecule has 0 radical (unpaired) electrons. The monoisotopic (exact) mass is 210 g/mol. The van der Waals surface area contributed by atoms with E-state index in [-0.39, 0.29) is 0 Å². The van der Waals surface area contributed by atoms with Gasteiger partial charge in [0.2, 0.25) is 0 Å². The number of benzene rings is 1. The fourth-order valence-electron chi connectivity index (χ4n) is 1.94. The van der Waals surface area contributed by atoms with Crippen molar-refractivity contribution in [3.05, 3.63) is 28.8 Å². The molecule has 1 aliphatic heterocycles. The molecule has 0 spiro atoms. The average Bonchev–Trinajstić information content (AvgIpc) is 2.20. The summed E-state index contributed by atoms with van der Waals surface area (Å²) in [5.74, 6) is 0. The maximum absolute atomic E-state index is 6.12. The van der Waals surface area contributed by atoms with Crippen LogP contribution in [-0.2, 0) is 6.42 Å². The van der Waals surface area contributed by atoms with Gasteiger partial charge in [0.05, 0.1) is 10.7 Å². The molecule has 14 heavy (non-hydrogen) atoms. The van der Waals surface area contributed by atoms with E-state index in [1.54, 1.807) is 0 Å². The van der Waals surface area contributed by atoms with Crippen LogP contribution in [0.1, 0.15) is 12.0 Å². The molecule has 76 valence electrons. The van der Waals surface area contributed by atoms with E-state index in [4.69, 9.17) is 11.6 Å². The lowest BCUT2D eigenvalue weighted by molar-refractivity contribution is 0.593. The van der Waals surface area contributed by atoms with Gasteiger partial charge >= 0.3 is 0 Å². The van der Waals surface area contributed by atoms with E-state index >= 15 is 0 Å². The van der Waals surface area contributed by atoms with Crippen LogP contribution in [-0.4, -0.2) is 19.6 Å². The molecule has 0 saturated heterocycles. The first-order valence-corrected chi connectivity index (χ1v) is 5.37. The van der Waals surface area contributed by atoms with Gasteiger partial charge in [-0.2, -0.15) is 0 Å². The van der Waals surface area contributed by atoms with Crippen molar-refractivity contribution in [1.82, 2.24) is 5.32 Å². The van der Waals surface area contributed by atoms with E-state index in [9.17, 15) is 0 Å². The Labute approximate surface area is 89.7 Å². The molecule has 1 aromatic rings. The van der Waals surface area contributed by atoms with Crippen molar-refractivity contribution in [2.75, 3.05) is 18.9 Å². The first-order valence-electron chi connectivity index (χ1n) is 5.00.